The van der Waals surface area contributed by atoms with E-state index < -0.39 is 11.5 Å². The number of benzene rings is 1. The molecule has 0 saturated carbocycles. The number of hydrogen-bond donors (Lipinski definition) is 2. The Labute approximate surface area is 114 Å². The Bertz CT molecular complexity index is 402. The Kier molecular flexibility index (Phi) is 5.99. The van der Waals surface area contributed by atoms with Crippen molar-refractivity contribution in [1.29, 1.82) is 0 Å². The average Bonchev–Trinajstić information content (AvgIpc) is 2.38. The molecule has 106 valence electrons. The van der Waals surface area contributed by atoms with Gasteiger partial charge in [0.15, 0.2) is 0 Å². The lowest BCUT2D eigenvalue weighted by molar-refractivity contribution is -0.144. The van der Waals surface area contributed by atoms with Crippen LogP contribution in [0.3, 0.4) is 0 Å². The minimum atomic E-state index is -0.861. The average molecular weight is 265 g/mol. The molecule has 0 aromatic heterocycles. The van der Waals surface area contributed by atoms with Crippen LogP contribution in [0.1, 0.15) is 37.8 Å². The molecule has 0 fully saturated rings. The second-order valence-electron chi connectivity index (χ2n) is 4.99. The van der Waals surface area contributed by atoms with E-state index in [0.29, 0.717) is 19.6 Å². The largest absolute Gasteiger partial charge is 0.480 e. The van der Waals surface area contributed by atoms with E-state index in [1.807, 2.05) is 31.2 Å². The van der Waals surface area contributed by atoms with Crippen molar-refractivity contribution >= 4 is 5.97 Å². The Balaban J connectivity index is 2.61. The van der Waals surface area contributed by atoms with Gasteiger partial charge in [-0.3, -0.25) is 10.1 Å². The van der Waals surface area contributed by atoms with Crippen LogP contribution in [0.2, 0.25) is 0 Å². The van der Waals surface area contributed by atoms with Crippen LogP contribution in [0.15, 0.2) is 24.3 Å². The summed E-state index contributed by atoms with van der Waals surface area (Å²) in [5.41, 5.74) is 1.32. The molecular weight excluding hydrogens is 242 g/mol. The number of nitrogens with one attached hydrogen (secondary N) is 1. The smallest absolute Gasteiger partial charge is 0.323 e. The second-order valence-corrected chi connectivity index (χ2v) is 4.99. The molecule has 4 nitrogen and oxygen atoms in total. The second kappa shape index (κ2) is 7.26. The van der Waals surface area contributed by atoms with Gasteiger partial charge in [-0.05, 0) is 24.5 Å². The van der Waals surface area contributed by atoms with Crippen molar-refractivity contribution in [2.24, 2.45) is 0 Å². The number of hydrogen-bond acceptors (Lipinski definition) is 3. The number of rotatable bonds is 8. The summed E-state index contributed by atoms with van der Waals surface area (Å²) in [5.74, 6) is -0.801. The summed E-state index contributed by atoms with van der Waals surface area (Å²) in [6.07, 6.45) is 1.45. The molecule has 1 aromatic carbocycles. The van der Waals surface area contributed by atoms with Crippen molar-refractivity contribution in [2.75, 3.05) is 7.11 Å². The zero-order chi connectivity index (χ0) is 14.3. The molecule has 1 rings (SSSR count). The third kappa shape index (κ3) is 4.65. The molecule has 1 unspecified atom stereocenters. The summed E-state index contributed by atoms with van der Waals surface area (Å²) in [5, 5.41) is 12.4. The van der Waals surface area contributed by atoms with E-state index in [2.05, 4.69) is 5.32 Å². The van der Waals surface area contributed by atoms with Crippen LogP contribution in [0.4, 0.5) is 0 Å². The fourth-order valence-electron chi connectivity index (χ4n) is 1.99. The van der Waals surface area contributed by atoms with Gasteiger partial charge in [-0.2, -0.15) is 0 Å². The Morgan fingerprint density at radius 3 is 2.37 bits per heavy atom. The Hall–Kier alpha value is -1.39. The molecule has 0 heterocycles. The van der Waals surface area contributed by atoms with Crippen LogP contribution in [0, 0.1) is 0 Å². The lowest BCUT2D eigenvalue weighted by Gasteiger charge is -2.26. The highest BCUT2D eigenvalue weighted by molar-refractivity contribution is 5.78. The minimum Gasteiger partial charge on any atom is -0.480 e. The van der Waals surface area contributed by atoms with Crippen molar-refractivity contribution in [3.8, 4) is 0 Å². The van der Waals surface area contributed by atoms with Crippen LogP contribution in [-0.2, 0) is 22.7 Å². The van der Waals surface area contributed by atoms with Gasteiger partial charge >= 0.3 is 5.97 Å². The molecule has 1 atom stereocenters. The molecule has 0 amide bonds. The van der Waals surface area contributed by atoms with E-state index in [9.17, 15) is 9.90 Å². The Morgan fingerprint density at radius 2 is 1.89 bits per heavy atom. The number of methoxy groups -OCH3 is 1. The maximum absolute atomic E-state index is 11.3. The first-order valence-electron chi connectivity index (χ1n) is 6.57. The lowest BCUT2D eigenvalue weighted by Crippen LogP contribution is -2.48. The quantitative estimate of drug-likeness (QED) is 0.758. The molecule has 4 heteroatoms. The number of carbonyl (C=O) groups is 1. The third-order valence-electron chi connectivity index (χ3n) is 3.24. The van der Waals surface area contributed by atoms with Gasteiger partial charge in [-0.25, -0.2) is 0 Å². The molecule has 0 bridgehead atoms. The molecule has 0 spiro atoms. The van der Waals surface area contributed by atoms with Crippen LogP contribution in [-0.4, -0.2) is 23.7 Å². The van der Waals surface area contributed by atoms with Crippen molar-refractivity contribution in [3.05, 3.63) is 35.4 Å². The topological polar surface area (TPSA) is 58.6 Å². The summed E-state index contributed by atoms with van der Waals surface area (Å²) in [4.78, 5) is 11.3. The van der Waals surface area contributed by atoms with Crippen molar-refractivity contribution in [2.45, 2.75) is 45.4 Å². The van der Waals surface area contributed by atoms with E-state index in [4.69, 9.17) is 4.74 Å². The SMILES string of the molecule is CCCC(C)(NCc1ccc(COC)cc1)C(=O)O. The van der Waals surface area contributed by atoms with E-state index in [0.717, 1.165) is 17.5 Å². The molecule has 0 aliphatic carbocycles. The van der Waals surface area contributed by atoms with Gasteiger partial charge in [-0.15, -0.1) is 0 Å². The predicted molar refractivity (Wildman–Crippen MR) is 74.9 cm³/mol. The molecule has 0 aliphatic heterocycles. The zero-order valence-corrected chi connectivity index (χ0v) is 11.9. The fraction of sp³-hybridized carbons (Fsp3) is 0.533. The normalized spacial score (nSPS) is 14.1. The number of carboxylic acid groups (broad SMARTS) is 1. The first kappa shape index (κ1) is 15.7. The van der Waals surface area contributed by atoms with Gasteiger partial charge in [0, 0.05) is 13.7 Å². The predicted octanol–water partition coefficient (Wildman–Crippen LogP) is 2.57. The maximum atomic E-state index is 11.3. The van der Waals surface area contributed by atoms with E-state index in [1.165, 1.54) is 0 Å². The minimum absolute atomic E-state index is 0.552. The monoisotopic (exact) mass is 265 g/mol. The summed E-state index contributed by atoms with van der Waals surface area (Å²) in [6, 6.07) is 7.99. The molecule has 1 aromatic rings. The van der Waals surface area contributed by atoms with Crippen LogP contribution >= 0.6 is 0 Å². The molecule has 19 heavy (non-hydrogen) atoms. The van der Waals surface area contributed by atoms with Gasteiger partial charge in [0.05, 0.1) is 6.61 Å². The number of aliphatic carboxylic acids is 1. The number of carboxylic acids is 1. The molecule has 0 radical (unpaired) electrons. The van der Waals surface area contributed by atoms with Crippen molar-refractivity contribution in [3.63, 3.8) is 0 Å². The third-order valence-corrected chi connectivity index (χ3v) is 3.24. The lowest BCUT2D eigenvalue weighted by atomic mass is 9.96. The van der Waals surface area contributed by atoms with E-state index >= 15 is 0 Å². The Morgan fingerprint density at radius 1 is 1.32 bits per heavy atom. The molecule has 2 N–H and O–H groups in total. The van der Waals surface area contributed by atoms with Crippen LogP contribution in [0.25, 0.3) is 0 Å². The van der Waals surface area contributed by atoms with E-state index in [1.54, 1.807) is 14.0 Å². The summed E-state index contributed by atoms with van der Waals surface area (Å²) < 4.78 is 5.05. The van der Waals surface area contributed by atoms with Gasteiger partial charge in [0.25, 0.3) is 0 Å². The molecule has 0 saturated heterocycles. The van der Waals surface area contributed by atoms with Crippen molar-refractivity contribution < 1.29 is 14.6 Å². The summed E-state index contributed by atoms with van der Waals surface area (Å²) in [6.45, 7) is 4.87. The standard InChI is InChI=1S/C15H23NO3/c1-4-9-15(2,14(17)18)16-10-12-5-7-13(8-6-12)11-19-3/h5-8,16H,4,9-11H2,1-3H3,(H,17,18). The first-order valence-corrected chi connectivity index (χ1v) is 6.57. The molecular formula is C15H23NO3. The van der Waals surface area contributed by atoms with Crippen LogP contribution < -0.4 is 5.32 Å². The van der Waals surface area contributed by atoms with Gasteiger partial charge in [0.1, 0.15) is 5.54 Å². The fourth-order valence-corrected chi connectivity index (χ4v) is 1.99. The number of ether oxygens (including phenoxy) is 1. The van der Waals surface area contributed by atoms with Crippen molar-refractivity contribution in [1.82, 2.24) is 5.32 Å². The summed E-state index contributed by atoms with van der Waals surface area (Å²) >= 11 is 0. The highest BCUT2D eigenvalue weighted by Crippen LogP contribution is 2.14. The molecule has 0 aliphatic rings. The van der Waals surface area contributed by atoms with Gasteiger partial charge in [0.2, 0.25) is 0 Å². The summed E-state index contributed by atoms with van der Waals surface area (Å²) in [7, 11) is 1.67. The van der Waals surface area contributed by atoms with Gasteiger partial charge < -0.3 is 9.84 Å². The highest BCUT2D eigenvalue weighted by Gasteiger charge is 2.31. The zero-order valence-electron chi connectivity index (χ0n) is 11.9. The van der Waals surface area contributed by atoms with E-state index in [-0.39, 0.29) is 0 Å². The van der Waals surface area contributed by atoms with Gasteiger partial charge in [-0.1, -0.05) is 37.6 Å². The highest BCUT2D eigenvalue weighted by atomic mass is 16.5. The maximum Gasteiger partial charge on any atom is 0.323 e. The van der Waals surface area contributed by atoms with Crippen LogP contribution in [0.5, 0.6) is 0 Å². The first-order chi connectivity index (χ1) is 9.01.